The van der Waals surface area contributed by atoms with Gasteiger partial charge < -0.3 is 18.6 Å². The Morgan fingerprint density at radius 2 is 2.24 bits per heavy atom. The van der Waals surface area contributed by atoms with Gasteiger partial charge in [0, 0.05) is 12.2 Å². The summed E-state index contributed by atoms with van der Waals surface area (Å²) in [6, 6.07) is 7.54. The number of hydrogen-bond acceptors (Lipinski definition) is 6. The van der Waals surface area contributed by atoms with Gasteiger partial charge in [-0.05, 0) is 37.5 Å². The Labute approximate surface area is 123 Å². The lowest BCUT2D eigenvalue weighted by molar-refractivity contribution is -0.165. The Kier molecular flexibility index (Phi) is 4.81. The van der Waals surface area contributed by atoms with E-state index in [1.165, 1.54) is 6.39 Å². The quantitative estimate of drug-likeness (QED) is 0.762. The second-order valence-corrected chi connectivity index (χ2v) is 4.79. The van der Waals surface area contributed by atoms with E-state index in [1.807, 2.05) is 24.3 Å². The normalized spacial score (nSPS) is 18.6. The Morgan fingerprint density at radius 3 is 3.05 bits per heavy atom. The summed E-state index contributed by atoms with van der Waals surface area (Å²) in [5, 5.41) is 7.54. The van der Waals surface area contributed by atoms with Gasteiger partial charge in [0.25, 0.3) is 0 Å². The summed E-state index contributed by atoms with van der Waals surface area (Å²) in [5.74, 6) is 1.23. The van der Waals surface area contributed by atoms with Crippen LogP contribution in [0.15, 0.2) is 35.1 Å². The third kappa shape index (κ3) is 4.03. The third-order valence-corrected chi connectivity index (χ3v) is 3.23. The highest BCUT2D eigenvalue weighted by Crippen LogP contribution is 2.21. The molecule has 0 N–H and O–H groups in total. The molecule has 1 aromatic carbocycles. The number of hydrogen-bond donors (Lipinski definition) is 0. The summed E-state index contributed by atoms with van der Waals surface area (Å²) < 4.78 is 21.9. The first-order valence-corrected chi connectivity index (χ1v) is 7.14. The molecule has 0 saturated carbocycles. The fourth-order valence-electron chi connectivity index (χ4n) is 2.20. The molecule has 1 aliphatic rings. The van der Waals surface area contributed by atoms with E-state index in [1.54, 1.807) is 0 Å². The van der Waals surface area contributed by atoms with Crippen molar-refractivity contribution in [2.24, 2.45) is 0 Å². The van der Waals surface area contributed by atoms with Crippen molar-refractivity contribution in [3.63, 3.8) is 0 Å². The van der Waals surface area contributed by atoms with Crippen molar-refractivity contribution in [3.8, 4) is 17.2 Å². The van der Waals surface area contributed by atoms with Crippen LogP contribution in [0.2, 0.25) is 0 Å². The molecule has 1 aliphatic heterocycles. The first-order chi connectivity index (χ1) is 10.4. The summed E-state index contributed by atoms with van der Waals surface area (Å²) in [4.78, 5) is 0. The van der Waals surface area contributed by atoms with Crippen LogP contribution in [0.5, 0.6) is 5.75 Å². The van der Waals surface area contributed by atoms with Gasteiger partial charge in [0.1, 0.15) is 12.4 Å². The van der Waals surface area contributed by atoms with Gasteiger partial charge in [0.2, 0.25) is 12.3 Å². The van der Waals surface area contributed by atoms with Crippen molar-refractivity contribution < 1.29 is 18.6 Å². The van der Waals surface area contributed by atoms with Crippen LogP contribution in [0.1, 0.15) is 19.3 Å². The summed E-state index contributed by atoms with van der Waals surface area (Å²) in [7, 11) is 0. The van der Waals surface area contributed by atoms with Crippen molar-refractivity contribution in [3.05, 3.63) is 30.7 Å². The first-order valence-electron chi connectivity index (χ1n) is 7.14. The smallest absolute Gasteiger partial charge is 0.247 e. The molecule has 0 radical (unpaired) electrons. The molecule has 112 valence electrons. The fourth-order valence-corrected chi connectivity index (χ4v) is 2.20. The average molecular weight is 290 g/mol. The van der Waals surface area contributed by atoms with Crippen molar-refractivity contribution in [2.45, 2.75) is 25.6 Å². The fraction of sp³-hybridized carbons (Fsp3) is 0.467. The number of nitrogens with zero attached hydrogens (tertiary/aromatic N) is 2. The molecule has 2 aromatic rings. The molecule has 3 rings (SSSR count). The average Bonchev–Trinajstić information content (AvgIpc) is 3.07. The zero-order valence-corrected chi connectivity index (χ0v) is 11.7. The highest BCUT2D eigenvalue weighted by Gasteiger charge is 2.13. The second kappa shape index (κ2) is 7.19. The molecule has 0 aliphatic carbocycles. The van der Waals surface area contributed by atoms with Crippen molar-refractivity contribution in [1.82, 2.24) is 10.2 Å². The third-order valence-electron chi connectivity index (χ3n) is 3.23. The van der Waals surface area contributed by atoms with E-state index in [-0.39, 0.29) is 6.29 Å². The molecule has 1 aromatic heterocycles. The molecule has 21 heavy (non-hydrogen) atoms. The number of benzene rings is 1. The minimum absolute atomic E-state index is 0.0768. The maximum Gasteiger partial charge on any atom is 0.247 e. The minimum atomic E-state index is -0.0768. The van der Waals surface area contributed by atoms with Gasteiger partial charge in [0.15, 0.2) is 6.29 Å². The zero-order chi connectivity index (χ0) is 14.3. The van der Waals surface area contributed by atoms with Crippen molar-refractivity contribution >= 4 is 0 Å². The van der Waals surface area contributed by atoms with E-state index < -0.39 is 0 Å². The van der Waals surface area contributed by atoms with Crippen molar-refractivity contribution in [1.29, 1.82) is 0 Å². The second-order valence-electron chi connectivity index (χ2n) is 4.79. The van der Waals surface area contributed by atoms with Gasteiger partial charge >= 0.3 is 0 Å². The van der Waals surface area contributed by atoms with Crippen LogP contribution >= 0.6 is 0 Å². The predicted molar refractivity (Wildman–Crippen MR) is 74.8 cm³/mol. The van der Waals surface area contributed by atoms with Crippen LogP contribution in [0, 0.1) is 0 Å². The zero-order valence-electron chi connectivity index (χ0n) is 11.7. The molecule has 1 unspecified atom stereocenters. The topological polar surface area (TPSA) is 66.6 Å². The Balaban J connectivity index is 1.46. The molecule has 0 amide bonds. The molecule has 0 bridgehead atoms. The Hall–Kier alpha value is -1.92. The minimum Gasteiger partial charge on any atom is -0.491 e. The lowest BCUT2D eigenvalue weighted by atomic mass is 10.2. The van der Waals surface area contributed by atoms with E-state index in [9.17, 15) is 0 Å². The summed E-state index contributed by atoms with van der Waals surface area (Å²) >= 11 is 0. The van der Waals surface area contributed by atoms with E-state index in [0.717, 1.165) is 37.2 Å². The number of aromatic nitrogens is 2. The highest BCUT2D eigenvalue weighted by molar-refractivity contribution is 5.55. The van der Waals surface area contributed by atoms with Gasteiger partial charge in [0.05, 0.1) is 6.61 Å². The number of rotatable bonds is 6. The van der Waals surface area contributed by atoms with Gasteiger partial charge in [-0.1, -0.05) is 6.07 Å². The Bertz CT molecular complexity index is 538. The molecule has 1 saturated heterocycles. The molecule has 0 spiro atoms. The van der Waals surface area contributed by atoms with Crippen LogP contribution in [-0.4, -0.2) is 36.3 Å². The van der Waals surface area contributed by atoms with E-state index in [4.69, 9.17) is 18.6 Å². The summed E-state index contributed by atoms with van der Waals surface area (Å²) in [5.41, 5.74) is 0.835. The summed E-state index contributed by atoms with van der Waals surface area (Å²) in [6.45, 7) is 1.78. The first kappa shape index (κ1) is 14.0. The maximum absolute atomic E-state index is 5.67. The lowest BCUT2D eigenvalue weighted by Crippen LogP contribution is -2.24. The maximum atomic E-state index is 5.67. The van der Waals surface area contributed by atoms with E-state index in [2.05, 4.69) is 10.2 Å². The SMILES string of the molecule is c1cc(OCCOC2CCCCO2)cc(-c2nnco2)c1. The van der Waals surface area contributed by atoms with Gasteiger partial charge in [-0.3, -0.25) is 0 Å². The van der Waals surface area contributed by atoms with Gasteiger partial charge in [-0.15, -0.1) is 10.2 Å². The van der Waals surface area contributed by atoms with Crippen LogP contribution in [0.3, 0.4) is 0 Å². The number of ether oxygens (including phenoxy) is 3. The summed E-state index contributed by atoms with van der Waals surface area (Å²) in [6.07, 6.45) is 4.48. The standard InChI is InChI=1S/C15H18N2O4/c1-2-7-19-14(6-1)20-9-8-18-13-5-3-4-12(10-13)15-17-16-11-21-15/h3-5,10-11,14H,1-2,6-9H2. The van der Waals surface area contributed by atoms with Gasteiger partial charge in [-0.25, -0.2) is 0 Å². The highest BCUT2D eigenvalue weighted by atomic mass is 16.7. The monoisotopic (exact) mass is 290 g/mol. The molecular weight excluding hydrogens is 272 g/mol. The Morgan fingerprint density at radius 1 is 1.24 bits per heavy atom. The molecule has 2 heterocycles. The molecule has 6 heteroatoms. The van der Waals surface area contributed by atoms with Crippen LogP contribution in [-0.2, 0) is 9.47 Å². The lowest BCUT2D eigenvalue weighted by Gasteiger charge is -2.22. The molecule has 1 atom stereocenters. The van der Waals surface area contributed by atoms with Crippen LogP contribution < -0.4 is 4.74 Å². The van der Waals surface area contributed by atoms with Crippen LogP contribution in [0.25, 0.3) is 11.5 Å². The van der Waals surface area contributed by atoms with Gasteiger partial charge in [-0.2, -0.15) is 0 Å². The molecule has 1 fully saturated rings. The predicted octanol–water partition coefficient (Wildman–Crippen LogP) is 2.66. The molecule has 6 nitrogen and oxygen atoms in total. The molecular formula is C15H18N2O4. The van der Waals surface area contributed by atoms with E-state index in [0.29, 0.717) is 19.1 Å². The van der Waals surface area contributed by atoms with Crippen molar-refractivity contribution in [2.75, 3.05) is 19.8 Å². The van der Waals surface area contributed by atoms with Crippen LogP contribution in [0.4, 0.5) is 0 Å². The van der Waals surface area contributed by atoms with E-state index >= 15 is 0 Å². The largest absolute Gasteiger partial charge is 0.491 e.